The number of hydrogen-bond donors (Lipinski definition) is 1. The maximum absolute atomic E-state index is 12.2. The maximum Gasteiger partial charge on any atom is 0.322 e. The van der Waals surface area contributed by atoms with Crippen molar-refractivity contribution in [3.05, 3.63) is 48.0 Å². The molecule has 0 radical (unpaired) electrons. The molecule has 29 heavy (non-hydrogen) atoms. The summed E-state index contributed by atoms with van der Waals surface area (Å²) in [4.78, 5) is 12.4. The smallest absolute Gasteiger partial charge is 0.322 e. The second kappa shape index (κ2) is 8.31. The van der Waals surface area contributed by atoms with E-state index in [2.05, 4.69) is 15.5 Å². The van der Waals surface area contributed by atoms with Crippen molar-refractivity contribution in [2.24, 2.45) is 0 Å². The molecule has 0 saturated heterocycles. The Balaban J connectivity index is 1.69. The summed E-state index contributed by atoms with van der Waals surface area (Å²) in [5.41, 5.74) is 1.20. The van der Waals surface area contributed by atoms with E-state index in [-0.39, 0.29) is 29.1 Å². The van der Waals surface area contributed by atoms with Crippen LogP contribution >= 0.6 is 0 Å². The number of methoxy groups -OCH3 is 2. The number of aromatic nitrogens is 2. The molecular weight excluding hydrogens is 398 g/mol. The van der Waals surface area contributed by atoms with Gasteiger partial charge in [0.15, 0.2) is 9.84 Å². The third-order valence-electron chi connectivity index (χ3n) is 4.03. The molecule has 0 fully saturated rings. The largest absolute Gasteiger partial charge is 0.497 e. The van der Waals surface area contributed by atoms with Crippen LogP contribution in [0.2, 0.25) is 0 Å². The van der Waals surface area contributed by atoms with Gasteiger partial charge in [-0.25, -0.2) is 8.42 Å². The summed E-state index contributed by atoms with van der Waals surface area (Å²) < 4.78 is 38.9. The summed E-state index contributed by atoms with van der Waals surface area (Å²) in [6.07, 6.45) is 1.15. The molecule has 10 heteroatoms. The zero-order valence-electron chi connectivity index (χ0n) is 16.0. The van der Waals surface area contributed by atoms with Crippen LogP contribution in [0.25, 0.3) is 11.5 Å². The Morgan fingerprint density at radius 3 is 2.41 bits per heavy atom. The minimum absolute atomic E-state index is 0.0214. The van der Waals surface area contributed by atoms with Gasteiger partial charge in [0.2, 0.25) is 5.91 Å². The van der Waals surface area contributed by atoms with Crippen molar-refractivity contribution in [3.8, 4) is 23.0 Å². The van der Waals surface area contributed by atoms with E-state index in [9.17, 15) is 13.2 Å². The van der Waals surface area contributed by atoms with E-state index < -0.39 is 9.84 Å². The Labute approximate surface area is 167 Å². The molecule has 0 aliphatic carbocycles. The summed E-state index contributed by atoms with van der Waals surface area (Å²) >= 11 is 0. The number of rotatable bonds is 7. The Morgan fingerprint density at radius 2 is 1.79 bits per heavy atom. The number of carbonyl (C=O) groups is 1. The van der Waals surface area contributed by atoms with Gasteiger partial charge in [-0.1, -0.05) is 17.2 Å². The van der Waals surface area contributed by atoms with Gasteiger partial charge in [0, 0.05) is 12.3 Å². The quantitative estimate of drug-likeness (QED) is 0.622. The van der Waals surface area contributed by atoms with Gasteiger partial charge in [0.1, 0.15) is 11.5 Å². The van der Waals surface area contributed by atoms with Crippen molar-refractivity contribution in [2.45, 2.75) is 11.3 Å². The fraction of sp³-hybridized carbons (Fsp3) is 0.211. The standard InChI is InChI=1S/C19H19N3O6S/c1-26-13-6-9-15(16(11-13)27-2)18-21-22-19(28-18)20-17(23)10-12-4-7-14(8-5-12)29(3,24)25/h4-9,11H,10H2,1-3H3,(H,20,22,23). The molecule has 9 nitrogen and oxygen atoms in total. The number of anilines is 1. The first-order chi connectivity index (χ1) is 13.8. The van der Waals surface area contributed by atoms with Crippen LogP contribution in [-0.2, 0) is 21.1 Å². The van der Waals surface area contributed by atoms with E-state index in [1.54, 1.807) is 37.4 Å². The molecule has 0 saturated carbocycles. The van der Waals surface area contributed by atoms with Crippen LogP contribution in [-0.4, -0.2) is 45.0 Å². The van der Waals surface area contributed by atoms with Crippen molar-refractivity contribution in [2.75, 3.05) is 25.8 Å². The van der Waals surface area contributed by atoms with Gasteiger partial charge in [-0.2, -0.15) is 0 Å². The Hall–Kier alpha value is -3.40. The number of nitrogens with one attached hydrogen (secondary N) is 1. The molecule has 0 aliphatic heterocycles. The molecule has 1 heterocycles. The van der Waals surface area contributed by atoms with E-state index in [4.69, 9.17) is 13.9 Å². The highest BCUT2D eigenvalue weighted by molar-refractivity contribution is 7.90. The Bertz CT molecular complexity index is 1120. The Morgan fingerprint density at radius 1 is 1.07 bits per heavy atom. The number of hydrogen-bond acceptors (Lipinski definition) is 8. The summed E-state index contributed by atoms with van der Waals surface area (Å²) in [7, 11) is -0.231. The molecule has 1 N–H and O–H groups in total. The monoisotopic (exact) mass is 417 g/mol. The number of amides is 1. The molecule has 0 atom stereocenters. The third kappa shape index (κ3) is 4.91. The van der Waals surface area contributed by atoms with Gasteiger partial charge in [-0.15, -0.1) is 5.10 Å². The van der Waals surface area contributed by atoms with Crippen LogP contribution in [0.15, 0.2) is 51.8 Å². The van der Waals surface area contributed by atoms with E-state index in [0.29, 0.717) is 22.6 Å². The molecule has 152 valence electrons. The van der Waals surface area contributed by atoms with Crippen LogP contribution < -0.4 is 14.8 Å². The lowest BCUT2D eigenvalue weighted by molar-refractivity contribution is -0.115. The molecular formula is C19H19N3O6S. The van der Waals surface area contributed by atoms with Crippen LogP contribution in [0.3, 0.4) is 0 Å². The van der Waals surface area contributed by atoms with Gasteiger partial charge < -0.3 is 13.9 Å². The van der Waals surface area contributed by atoms with Gasteiger partial charge in [-0.05, 0) is 29.8 Å². The molecule has 0 aliphatic rings. The summed E-state index contributed by atoms with van der Waals surface area (Å²) in [6.45, 7) is 0. The predicted molar refractivity (Wildman–Crippen MR) is 105 cm³/mol. The summed E-state index contributed by atoms with van der Waals surface area (Å²) in [5.74, 6) is 0.892. The minimum atomic E-state index is -3.28. The molecule has 1 aromatic heterocycles. The van der Waals surface area contributed by atoms with E-state index in [1.807, 2.05) is 0 Å². The summed E-state index contributed by atoms with van der Waals surface area (Å²) in [5, 5.41) is 10.3. The predicted octanol–water partition coefficient (Wildman–Crippen LogP) is 2.34. The van der Waals surface area contributed by atoms with Crippen LogP contribution in [0.5, 0.6) is 11.5 Å². The van der Waals surface area contributed by atoms with Crippen molar-refractivity contribution >= 4 is 21.8 Å². The third-order valence-corrected chi connectivity index (χ3v) is 5.16. The maximum atomic E-state index is 12.2. The zero-order chi connectivity index (χ0) is 21.0. The lowest BCUT2D eigenvalue weighted by Gasteiger charge is -2.07. The van der Waals surface area contributed by atoms with Crippen molar-refractivity contribution in [1.29, 1.82) is 0 Å². The summed E-state index contributed by atoms with van der Waals surface area (Å²) in [6, 6.07) is 11.1. The Kier molecular flexibility index (Phi) is 5.83. The second-order valence-corrected chi connectivity index (χ2v) is 8.14. The lowest BCUT2D eigenvalue weighted by atomic mass is 10.1. The van der Waals surface area contributed by atoms with E-state index >= 15 is 0 Å². The number of sulfone groups is 1. The normalized spacial score (nSPS) is 11.1. The van der Waals surface area contributed by atoms with Gasteiger partial charge in [-0.3, -0.25) is 10.1 Å². The van der Waals surface area contributed by atoms with Crippen molar-refractivity contribution < 1.29 is 27.1 Å². The number of carbonyl (C=O) groups excluding carboxylic acids is 1. The van der Waals surface area contributed by atoms with Crippen LogP contribution in [0.1, 0.15) is 5.56 Å². The second-order valence-electron chi connectivity index (χ2n) is 6.12. The number of nitrogens with zero attached hydrogens (tertiary/aromatic N) is 2. The highest BCUT2D eigenvalue weighted by Gasteiger charge is 2.16. The molecule has 0 bridgehead atoms. The average Bonchev–Trinajstić information content (AvgIpc) is 3.15. The lowest BCUT2D eigenvalue weighted by Crippen LogP contribution is -2.14. The molecule has 3 rings (SSSR count). The molecule has 2 aromatic carbocycles. The van der Waals surface area contributed by atoms with E-state index in [1.165, 1.54) is 19.2 Å². The van der Waals surface area contributed by atoms with Gasteiger partial charge in [0.25, 0.3) is 5.89 Å². The minimum Gasteiger partial charge on any atom is -0.497 e. The highest BCUT2D eigenvalue weighted by Crippen LogP contribution is 2.33. The first kappa shape index (κ1) is 20.3. The number of benzene rings is 2. The van der Waals surface area contributed by atoms with Gasteiger partial charge in [0.05, 0.1) is 31.1 Å². The SMILES string of the molecule is COc1ccc(-c2nnc(NC(=O)Cc3ccc(S(C)(=O)=O)cc3)o2)c(OC)c1. The fourth-order valence-corrected chi connectivity index (χ4v) is 3.19. The molecule has 1 amide bonds. The average molecular weight is 417 g/mol. The first-order valence-corrected chi connectivity index (χ1v) is 10.3. The fourth-order valence-electron chi connectivity index (χ4n) is 2.56. The molecule has 0 spiro atoms. The van der Waals surface area contributed by atoms with Crippen LogP contribution in [0.4, 0.5) is 6.01 Å². The highest BCUT2D eigenvalue weighted by atomic mass is 32.2. The molecule has 3 aromatic rings. The van der Waals surface area contributed by atoms with Crippen molar-refractivity contribution in [1.82, 2.24) is 10.2 Å². The zero-order valence-corrected chi connectivity index (χ0v) is 16.8. The van der Waals surface area contributed by atoms with Crippen molar-refractivity contribution in [3.63, 3.8) is 0 Å². The van der Waals surface area contributed by atoms with Gasteiger partial charge >= 0.3 is 6.01 Å². The first-order valence-electron chi connectivity index (χ1n) is 8.45. The van der Waals surface area contributed by atoms with Crippen LogP contribution in [0, 0.1) is 0 Å². The number of ether oxygens (including phenoxy) is 2. The topological polar surface area (TPSA) is 121 Å². The van der Waals surface area contributed by atoms with E-state index in [0.717, 1.165) is 6.26 Å². The molecule has 0 unspecified atom stereocenters.